The second-order valence-corrected chi connectivity index (χ2v) is 11.8. The van der Waals surface area contributed by atoms with E-state index in [0.717, 1.165) is 55.1 Å². The van der Waals surface area contributed by atoms with Crippen molar-refractivity contribution in [3.63, 3.8) is 0 Å². The lowest BCUT2D eigenvalue weighted by Crippen LogP contribution is -2.36. The summed E-state index contributed by atoms with van der Waals surface area (Å²) in [5, 5.41) is 10.7. The van der Waals surface area contributed by atoms with Crippen LogP contribution in [0.15, 0.2) is 46.0 Å². The van der Waals surface area contributed by atoms with Gasteiger partial charge in [0.05, 0.1) is 28.9 Å². The van der Waals surface area contributed by atoms with Gasteiger partial charge < -0.3 is 9.84 Å². The van der Waals surface area contributed by atoms with Crippen molar-refractivity contribution in [1.82, 2.24) is 19.1 Å². The van der Waals surface area contributed by atoms with Gasteiger partial charge >= 0.3 is 0 Å². The minimum atomic E-state index is 0.00257. The molecule has 0 amide bonds. The van der Waals surface area contributed by atoms with E-state index in [0.29, 0.717) is 22.8 Å². The van der Waals surface area contributed by atoms with E-state index in [1.54, 1.807) is 29.9 Å². The van der Waals surface area contributed by atoms with Gasteiger partial charge in [-0.15, -0.1) is 0 Å². The highest BCUT2D eigenvalue weighted by atomic mass is 16.5. The van der Waals surface area contributed by atoms with E-state index in [9.17, 15) is 14.7 Å². The van der Waals surface area contributed by atoms with Crippen molar-refractivity contribution >= 4 is 21.8 Å². The molecule has 0 bridgehead atoms. The van der Waals surface area contributed by atoms with Crippen LogP contribution in [0.3, 0.4) is 0 Å². The van der Waals surface area contributed by atoms with Gasteiger partial charge in [0.15, 0.2) is 0 Å². The Morgan fingerprint density at radius 1 is 0.784 bits per heavy atom. The van der Waals surface area contributed by atoms with Gasteiger partial charge in [-0.2, -0.15) is 0 Å². The van der Waals surface area contributed by atoms with Crippen LogP contribution in [0.25, 0.3) is 21.8 Å². The molecule has 1 N–H and O–H groups in total. The molecular weight excluding hydrogens is 468 g/mol. The molecule has 0 atom stereocenters. The van der Waals surface area contributed by atoms with Crippen molar-refractivity contribution in [3.05, 3.63) is 68.8 Å². The molecular formula is C29H34N4O4. The van der Waals surface area contributed by atoms with Crippen molar-refractivity contribution in [3.8, 4) is 11.5 Å². The summed E-state index contributed by atoms with van der Waals surface area (Å²) in [4.78, 5) is 34.1. The van der Waals surface area contributed by atoms with Gasteiger partial charge in [0.1, 0.15) is 23.1 Å². The average molecular weight is 503 g/mol. The molecule has 0 unspecified atom stereocenters. The van der Waals surface area contributed by atoms with E-state index in [1.807, 2.05) is 16.7 Å². The molecule has 37 heavy (non-hydrogen) atoms. The largest absolute Gasteiger partial charge is 0.508 e. The Kier molecular flexibility index (Phi) is 6.09. The number of hydrogen-bond acceptors (Lipinski definition) is 6. The second kappa shape index (κ2) is 9.01. The zero-order chi connectivity index (χ0) is 26.5. The molecule has 0 aliphatic carbocycles. The number of fused-ring (bicyclic) bond motifs is 4. The molecule has 2 aliphatic rings. The Labute approximate surface area is 215 Å². The van der Waals surface area contributed by atoms with Crippen molar-refractivity contribution < 1.29 is 9.84 Å². The Morgan fingerprint density at radius 2 is 1.27 bits per heavy atom. The Hall–Kier alpha value is -3.68. The maximum Gasteiger partial charge on any atom is 0.261 e. The van der Waals surface area contributed by atoms with Crippen LogP contribution in [0.1, 0.15) is 52.2 Å². The third-order valence-electron chi connectivity index (χ3n) is 7.48. The number of hydrogen-bond donors (Lipinski definition) is 1. The highest BCUT2D eigenvalue weighted by molar-refractivity contribution is 5.80. The second-order valence-electron chi connectivity index (χ2n) is 11.8. The summed E-state index contributed by atoms with van der Waals surface area (Å²) < 4.78 is 8.80. The Morgan fingerprint density at radius 3 is 1.78 bits per heavy atom. The molecule has 8 nitrogen and oxygen atoms in total. The Bertz CT molecular complexity index is 1630. The van der Waals surface area contributed by atoms with Gasteiger partial charge in [0.25, 0.3) is 11.1 Å². The van der Waals surface area contributed by atoms with Crippen LogP contribution >= 0.6 is 0 Å². The first-order valence-corrected chi connectivity index (χ1v) is 12.8. The lowest BCUT2D eigenvalue weighted by Gasteiger charge is -2.31. The molecule has 6 rings (SSSR count). The van der Waals surface area contributed by atoms with E-state index in [2.05, 4.69) is 37.7 Å². The highest BCUT2D eigenvalue weighted by Crippen LogP contribution is 2.31. The first kappa shape index (κ1) is 25.0. The smallest absolute Gasteiger partial charge is 0.261 e. The molecule has 0 saturated heterocycles. The summed E-state index contributed by atoms with van der Waals surface area (Å²) >= 11 is 0. The maximum absolute atomic E-state index is 12.5. The average Bonchev–Trinajstić information content (AvgIpc) is 2.85. The van der Waals surface area contributed by atoms with E-state index in [1.165, 1.54) is 6.07 Å². The predicted octanol–water partition coefficient (Wildman–Crippen LogP) is 4.45. The first-order valence-electron chi connectivity index (χ1n) is 12.8. The number of ether oxygens (including phenoxy) is 1. The SMILES string of the molecule is CC1(C)CCc2nc3cc(O)ccc3c(=O)n2C1.COc1ccc2c(=O)n3c(nc2c1)CCC(C)(C)C3. The fourth-order valence-electron chi connectivity index (χ4n) is 5.25. The lowest BCUT2D eigenvalue weighted by atomic mass is 9.85. The summed E-state index contributed by atoms with van der Waals surface area (Å²) in [6.45, 7) is 10.2. The zero-order valence-electron chi connectivity index (χ0n) is 22.2. The summed E-state index contributed by atoms with van der Waals surface area (Å²) in [7, 11) is 1.62. The number of rotatable bonds is 1. The van der Waals surface area contributed by atoms with Gasteiger partial charge in [-0.1, -0.05) is 27.7 Å². The quantitative estimate of drug-likeness (QED) is 0.413. The fraction of sp³-hybridized carbons (Fsp3) is 0.448. The summed E-state index contributed by atoms with van der Waals surface area (Å²) in [6.07, 6.45) is 3.77. The van der Waals surface area contributed by atoms with Gasteiger partial charge in [-0.3, -0.25) is 18.7 Å². The van der Waals surface area contributed by atoms with Gasteiger partial charge in [-0.05, 0) is 47.9 Å². The standard InChI is InChI=1S/C15H18N2O2.C14H16N2O2/c1-15(2)7-6-13-16-12-8-10(19-3)4-5-11(12)14(18)17(13)9-15;1-14(2)6-5-12-15-11-7-9(17)3-4-10(11)13(18)16(12)8-14/h4-5,8H,6-7,9H2,1-3H3;3-4,7,17H,5-6,8H2,1-2H3. The predicted molar refractivity (Wildman–Crippen MR) is 144 cm³/mol. The molecule has 0 radical (unpaired) electrons. The van der Waals surface area contributed by atoms with E-state index >= 15 is 0 Å². The van der Waals surface area contributed by atoms with Gasteiger partial charge in [-0.25, -0.2) is 9.97 Å². The number of phenols is 1. The number of nitrogens with zero attached hydrogens (tertiary/aromatic N) is 4. The first-order chi connectivity index (χ1) is 17.5. The summed E-state index contributed by atoms with van der Waals surface area (Å²) in [6, 6.07) is 10.2. The van der Waals surface area contributed by atoms with Crippen LogP contribution in [0.5, 0.6) is 11.5 Å². The zero-order valence-corrected chi connectivity index (χ0v) is 22.2. The van der Waals surface area contributed by atoms with Crippen LogP contribution in [0.2, 0.25) is 0 Å². The molecule has 4 aromatic rings. The van der Waals surface area contributed by atoms with Crippen LogP contribution in [-0.4, -0.2) is 31.3 Å². The topological polar surface area (TPSA) is 99.2 Å². The maximum atomic E-state index is 12.5. The van der Waals surface area contributed by atoms with Crippen molar-refractivity contribution in [1.29, 1.82) is 0 Å². The van der Waals surface area contributed by atoms with E-state index in [-0.39, 0.29) is 27.7 Å². The molecule has 2 aromatic heterocycles. The third kappa shape index (κ3) is 4.84. The number of phenolic OH excluding ortho intramolecular Hbond substituents is 1. The summed E-state index contributed by atoms with van der Waals surface area (Å²) in [5.74, 6) is 2.61. The fourth-order valence-corrected chi connectivity index (χ4v) is 5.25. The van der Waals surface area contributed by atoms with Crippen LogP contribution in [0, 0.1) is 10.8 Å². The Balaban J connectivity index is 0.000000152. The number of aromatic hydroxyl groups is 1. The number of aryl methyl sites for hydroxylation is 2. The summed E-state index contributed by atoms with van der Waals surface area (Å²) in [5.41, 5.74) is 1.70. The van der Waals surface area contributed by atoms with Crippen LogP contribution < -0.4 is 15.9 Å². The number of benzene rings is 2. The number of methoxy groups -OCH3 is 1. The van der Waals surface area contributed by atoms with Crippen molar-refractivity contribution in [2.45, 2.75) is 66.5 Å². The molecule has 194 valence electrons. The molecule has 4 heterocycles. The molecule has 8 heteroatoms. The van der Waals surface area contributed by atoms with E-state index in [4.69, 9.17) is 4.74 Å². The van der Waals surface area contributed by atoms with Gasteiger partial charge in [0.2, 0.25) is 0 Å². The van der Waals surface area contributed by atoms with Gasteiger partial charge in [0, 0.05) is 38.1 Å². The van der Waals surface area contributed by atoms with Crippen LogP contribution in [-0.2, 0) is 25.9 Å². The lowest BCUT2D eigenvalue weighted by molar-refractivity contribution is 0.240. The highest BCUT2D eigenvalue weighted by Gasteiger charge is 2.28. The van der Waals surface area contributed by atoms with Crippen molar-refractivity contribution in [2.75, 3.05) is 7.11 Å². The van der Waals surface area contributed by atoms with Crippen LogP contribution in [0.4, 0.5) is 0 Å². The van der Waals surface area contributed by atoms with E-state index < -0.39 is 0 Å². The molecule has 0 saturated carbocycles. The monoisotopic (exact) mass is 502 g/mol. The normalized spacial score (nSPS) is 17.4. The minimum absolute atomic E-state index is 0.00257. The molecule has 0 spiro atoms. The number of aromatic nitrogens is 4. The molecule has 2 aromatic carbocycles. The third-order valence-corrected chi connectivity index (χ3v) is 7.48. The molecule has 2 aliphatic heterocycles. The minimum Gasteiger partial charge on any atom is -0.508 e. The molecule has 0 fully saturated rings. The van der Waals surface area contributed by atoms with Crippen molar-refractivity contribution in [2.24, 2.45) is 10.8 Å².